The standard InChI is InChI=1S/C18H12Cl2F3NO3/c1-9-4-10(2-3-14(9)16(25)26)15-8-17(27-24-15,18(21,22)23)11-5-12(19)7-13(20)6-11/h2-7H,8H2,1H3,(H,25,26)/t17-/m1/s1. The molecular formula is C18H12Cl2F3NO3. The van der Waals surface area contributed by atoms with Crippen molar-refractivity contribution in [3.63, 3.8) is 0 Å². The minimum Gasteiger partial charge on any atom is -0.478 e. The molecule has 1 aliphatic heterocycles. The Balaban J connectivity index is 2.02. The molecule has 0 radical (unpaired) electrons. The fraction of sp³-hybridized carbons (Fsp3) is 0.222. The number of rotatable bonds is 3. The van der Waals surface area contributed by atoms with Crippen LogP contribution >= 0.6 is 23.2 Å². The summed E-state index contributed by atoms with van der Waals surface area (Å²) in [6, 6.07) is 7.77. The molecule has 0 fully saturated rings. The molecule has 1 heterocycles. The van der Waals surface area contributed by atoms with Crippen LogP contribution in [0.25, 0.3) is 0 Å². The second kappa shape index (κ2) is 6.73. The van der Waals surface area contributed by atoms with E-state index in [0.29, 0.717) is 11.1 Å². The minimum atomic E-state index is -4.79. The van der Waals surface area contributed by atoms with Crippen LogP contribution < -0.4 is 0 Å². The predicted octanol–water partition coefficient (Wildman–Crippen LogP) is 5.58. The monoisotopic (exact) mass is 417 g/mol. The first-order valence-electron chi connectivity index (χ1n) is 7.66. The summed E-state index contributed by atoms with van der Waals surface area (Å²) in [4.78, 5) is 16.0. The van der Waals surface area contributed by atoms with Crippen LogP contribution in [0.4, 0.5) is 13.2 Å². The summed E-state index contributed by atoms with van der Waals surface area (Å²) in [6.07, 6.45) is -5.39. The molecule has 9 heteroatoms. The van der Waals surface area contributed by atoms with Crippen LogP contribution in [0, 0.1) is 6.92 Å². The van der Waals surface area contributed by atoms with Crippen LogP contribution in [-0.4, -0.2) is 23.0 Å². The number of carbonyl (C=O) groups is 1. The van der Waals surface area contributed by atoms with Gasteiger partial charge >= 0.3 is 12.1 Å². The molecule has 0 saturated heterocycles. The Hall–Kier alpha value is -2.25. The van der Waals surface area contributed by atoms with Crippen molar-refractivity contribution in [2.75, 3.05) is 0 Å². The molecule has 1 atom stereocenters. The SMILES string of the molecule is Cc1cc(C2=NO[C@](c3cc(Cl)cc(Cl)c3)(C(F)(F)F)C2)ccc1C(=O)O. The van der Waals surface area contributed by atoms with Gasteiger partial charge in [-0.3, -0.25) is 0 Å². The van der Waals surface area contributed by atoms with Gasteiger partial charge in [0.15, 0.2) is 0 Å². The molecule has 1 N–H and O–H groups in total. The second-order valence-electron chi connectivity index (χ2n) is 6.12. The molecule has 27 heavy (non-hydrogen) atoms. The van der Waals surface area contributed by atoms with Crippen molar-refractivity contribution >= 4 is 34.9 Å². The third kappa shape index (κ3) is 3.49. The van der Waals surface area contributed by atoms with E-state index in [1.807, 2.05) is 0 Å². The Morgan fingerprint density at radius 1 is 1.19 bits per heavy atom. The van der Waals surface area contributed by atoms with E-state index in [9.17, 15) is 18.0 Å². The Kier molecular flexibility index (Phi) is 4.86. The molecule has 4 nitrogen and oxygen atoms in total. The lowest BCUT2D eigenvalue weighted by molar-refractivity contribution is -0.275. The van der Waals surface area contributed by atoms with Crippen molar-refractivity contribution in [3.05, 3.63) is 68.7 Å². The number of halogens is 5. The molecule has 0 spiro atoms. The summed E-state index contributed by atoms with van der Waals surface area (Å²) in [5.74, 6) is -1.12. The van der Waals surface area contributed by atoms with Crippen molar-refractivity contribution in [1.82, 2.24) is 0 Å². The quantitative estimate of drug-likeness (QED) is 0.708. The van der Waals surface area contributed by atoms with E-state index < -0.39 is 24.2 Å². The number of alkyl halides is 3. The van der Waals surface area contributed by atoms with Gasteiger partial charge in [-0.1, -0.05) is 34.4 Å². The van der Waals surface area contributed by atoms with Crippen LogP contribution in [-0.2, 0) is 10.4 Å². The predicted molar refractivity (Wildman–Crippen MR) is 94.6 cm³/mol. The largest absolute Gasteiger partial charge is 0.478 e. The normalized spacial score (nSPS) is 19.6. The van der Waals surface area contributed by atoms with Crippen molar-refractivity contribution in [2.45, 2.75) is 25.1 Å². The molecule has 2 aromatic carbocycles. The van der Waals surface area contributed by atoms with E-state index in [1.165, 1.54) is 24.3 Å². The number of hydrogen-bond acceptors (Lipinski definition) is 3. The fourth-order valence-electron chi connectivity index (χ4n) is 2.93. The van der Waals surface area contributed by atoms with Gasteiger partial charge in [-0.25, -0.2) is 4.79 Å². The molecule has 0 bridgehead atoms. The average molecular weight is 418 g/mol. The summed E-state index contributed by atoms with van der Waals surface area (Å²) in [5, 5.41) is 12.8. The number of carboxylic acid groups (broad SMARTS) is 1. The zero-order chi connectivity index (χ0) is 20.0. The highest BCUT2D eigenvalue weighted by Crippen LogP contribution is 2.49. The first-order chi connectivity index (χ1) is 12.5. The lowest BCUT2D eigenvalue weighted by Gasteiger charge is -2.29. The van der Waals surface area contributed by atoms with Gasteiger partial charge in [0.2, 0.25) is 0 Å². The summed E-state index contributed by atoms with van der Waals surface area (Å²) in [5.41, 5.74) is -2.14. The van der Waals surface area contributed by atoms with E-state index >= 15 is 0 Å². The Bertz CT molecular complexity index is 939. The third-order valence-electron chi connectivity index (χ3n) is 4.30. The number of aryl methyl sites for hydroxylation is 1. The van der Waals surface area contributed by atoms with Crippen LogP contribution in [0.2, 0.25) is 10.0 Å². The lowest BCUT2D eigenvalue weighted by atomic mass is 9.86. The number of aromatic carboxylic acids is 1. The van der Waals surface area contributed by atoms with E-state index in [1.54, 1.807) is 6.92 Å². The number of benzene rings is 2. The summed E-state index contributed by atoms with van der Waals surface area (Å²) in [7, 11) is 0. The minimum absolute atomic E-state index is 0.0415. The fourth-order valence-corrected chi connectivity index (χ4v) is 3.45. The van der Waals surface area contributed by atoms with E-state index in [2.05, 4.69) is 5.16 Å². The Morgan fingerprint density at radius 2 is 1.81 bits per heavy atom. The molecule has 1 aliphatic rings. The Labute approximate surface area is 162 Å². The smallest absolute Gasteiger partial charge is 0.435 e. The van der Waals surface area contributed by atoms with Crippen LogP contribution in [0.15, 0.2) is 41.6 Å². The number of hydrogen-bond donors (Lipinski definition) is 1. The van der Waals surface area contributed by atoms with Crippen molar-refractivity contribution in [2.24, 2.45) is 5.16 Å². The summed E-state index contributed by atoms with van der Waals surface area (Å²) < 4.78 is 41.8. The topological polar surface area (TPSA) is 58.9 Å². The second-order valence-corrected chi connectivity index (χ2v) is 7.00. The Morgan fingerprint density at radius 3 is 2.33 bits per heavy atom. The highest BCUT2D eigenvalue weighted by molar-refractivity contribution is 6.34. The van der Waals surface area contributed by atoms with Gasteiger partial charge in [-0.15, -0.1) is 0 Å². The van der Waals surface area contributed by atoms with Gasteiger partial charge < -0.3 is 9.94 Å². The molecule has 2 aromatic rings. The van der Waals surface area contributed by atoms with Crippen LogP contribution in [0.3, 0.4) is 0 Å². The maximum Gasteiger partial charge on any atom is 0.435 e. The molecule has 0 saturated carbocycles. The first-order valence-corrected chi connectivity index (χ1v) is 8.42. The zero-order valence-electron chi connectivity index (χ0n) is 13.8. The van der Waals surface area contributed by atoms with Gasteiger partial charge in [0.25, 0.3) is 5.60 Å². The molecule has 0 aliphatic carbocycles. The number of nitrogens with zero attached hydrogens (tertiary/aromatic N) is 1. The highest BCUT2D eigenvalue weighted by atomic mass is 35.5. The molecule has 3 rings (SSSR count). The van der Waals surface area contributed by atoms with Gasteiger partial charge in [-0.2, -0.15) is 13.2 Å². The highest BCUT2D eigenvalue weighted by Gasteiger charge is 2.62. The maximum atomic E-state index is 13.9. The van der Waals surface area contributed by atoms with Gasteiger partial charge in [0.1, 0.15) is 0 Å². The summed E-state index contributed by atoms with van der Waals surface area (Å²) in [6.45, 7) is 1.55. The zero-order valence-corrected chi connectivity index (χ0v) is 15.3. The van der Waals surface area contributed by atoms with Gasteiger partial charge in [0, 0.05) is 22.0 Å². The van der Waals surface area contributed by atoms with E-state index in [-0.39, 0.29) is 26.9 Å². The van der Waals surface area contributed by atoms with Crippen molar-refractivity contribution < 1.29 is 27.9 Å². The number of oxime groups is 1. The summed E-state index contributed by atoms with van der Waals surface area (Å²) >= 11 is 11.7. The van der Waals surface area contributed by atoms with Crippen LogP contribution in [0.5, 0.6) is 0 Å². The average Bonchev–Trinajstić information content (AvgIpc) is 3.00. The maximum absolute atomic E-state index is 13.9. The molecule has 0 aromatic heterocycles. The molecule has 0 unspecified atom stereocenters. The van der Waals surface area contributed by atoms with Crippen molar-refractivity contribution in [1.29, 1.82) is 0 Å². The first kappa shape index (κ1) is 19.5. The van der Waals surface area contributed by atoms with Crippen LogP contribution in [0.1, 0.15) is 33.5 Å². The molecule has 142 valence electrons. The van der Waals surface area contributed by atoms with E-state index in [4.69, 9.17) is 33.1 Å². The third-order valence-corrected chi connectivity index (χ3v) is 4.74. The van der Waals surface area contributed by atoms with Gasteiger partial charge in [-0.05, 0) is 48.4 Å². The molecular weight excluding hydrogens is 406 g/mol. The van der Waals surface area contributed by atoms with Gasteiger partial charge in [0.05, 0.1) is 11.3 Å². The van der Waals surface area contributed by atoms with E-state index in [0.717, 1.165) is 12.1 Å². The number of carboxylic acids is 1. The lowest BCUT2D eigenvalue weighted by Crippen LogP contribution is -2.42. The molecule has 0 amide bonds. The van der Waals surface area contributed by atoms with Crippen molar-refractivity contribution in [3.8, 4) is 0 Å².